The molecule has 4 heteroatoms. The molecule has 0 aliphatic carbocycles. The lowest BCUT2D eigenvalue weighted by atomic mass is 9.92. The van der Waals surface area contributed by atoms with Gasteiger partial charge in [0.05, 0.1) is 12.1 Å². The van der Waals surface area contributed by atoms with E-state index in [4.69, 9.17) is 5.73 Å². The molecule has 2 rings (SSSR count). The van der Waals surface area contributed by atoms with Crippen LogP contribution in [0.15, 0.2) is 4.99 Å². The molecule has 1 spiro atoms. The van der Waals surface area contributed by atoms with Crippen molar-refractivity contribution >= 4 is 5.96 Å². The number of aliphatic imine (C=N–C) groups is 1. The summed E-state index contributed by atoms with van der Waals surface area (Å²) in [5, 5.41) is 3.37. The topological polar surface area (TPSA) is 53.6 Å². The van der Waals surface area contributed by atoms with Crippen LogP contribution in [-0.4, -0.2) is 42.1 Å². The minimum Gasteiger partial charge on any atom is -0.370 e. The second-order valence-electron chi connectivity index (χ2n) is 5.09. The molecular weight excluding hydrogens is 188 g/mol. The van der Waals surface area contributed by atoms with Crippen LogP contribution in [0.3, 0.4) is 0 Å². The third kappa shape index (κ3) is 2.25. The Hall–Kier alpha value is -0.770. The van der Waals surface area contributed by atoms with Crippen molar-refractivity contribution in [2.24, 2.45) is 10.7 Å². The molecule has 0 radical (unpaired) electrons. The molecule has 1 saturated heterocycles. The van der Waals surface area contributed by atoms with E-state index in [1.807, 2.05) is 0 Å². The quantitative estimate of drug-likeness (QED) is 0.664. The average Bonchev–Trinajstić information content (AvgIpc) is 2.43. The predicted molar refractivity (Wildman–Crippen MR) is 62.9 cm³/mol. The van der Waals surface area contributed by atoms with Gasteiger partial charge in [0.1, 0.15) is 0 Å². The molecule has 0 aromatic heterocycles. The minimum atomic E-state index is 0.174. The molecule has 0 amide bonds. The van der Waals surface area contributed by atoms with Gasteiger partial charge in [-0.05, 0) is 39.7 Å². The van der Waals surface area contributed by atoms with Crippen molar-refractivity contribution in [2.45, 2.75) is 44.7 Å². The summed E-state index contributed by atoms with van der Waals surface area (Å²) in [7, 11) is 0. The van der Waals surface area contributed by atoms with Gasteiger partial charge in [-0.1, -0.05) is 0 Å². The first-order valence-electron chi connectivity index (χ1n) is 5.93. The molecule has 1 fully saturated rings. The first-order valence-corrected chi connectivity index (χ1v) is 5.93. The van der Waals surface area contributed by atoms with E-state index in [0.717, 1.165) is 19.5 Å². The summed E-state index contributed by atoms with van der Waals surface area (Å²) in [6, 6.07) is 0.653. The highest BCUT2D eigenvalue weighted by Gasteiger charge is 2.36. The van der Waals surface area contributed by atoms with Crippen molar-refractivity contribution in [1.82, 2.24) is 10.2 Å². The maximum atomic E-state index is 5.71. The van der Waals surface area contributed by atoms with Gasteiger partial charge in [-0.2, -0.15) is 0 Å². The van der Waals surface area contributed by atoms with Crippen LogP contribution >= 0.6 is 0 Å². The summed E-state index contributed by atoms with van der Waals surface area (Å²) >= 11 is 0. The zero-order valence-corrected chi connectivity index (χ0v) is 9.79. The fourth-order valence-corrected chi connectivity index (χ4v) is 2.60. The van der Waals surface area contributed by atoms with E-state index in [9.17, 15) is 0 Å². The summed E-state index contributed by atoms with van der Waals surface area (Å²) in [5.74, 6) is 0.632. The van der Waals surface area contributed by atoms with Crippen LogP contribution in [0.25, 0.3) is 0 Å². The average molecular weight is 210 g/mol. The van der Waals surface area contributed by atoms with Crippen molar-refractivity contribution in [2.75, 3.05) is 19.6 Å². The molecular formula is C11H22N4. The Labute approximate surface area is 91.9 Å². The zero-order valence-electron chi connectivity index (χ0n) is 9.79. The Morgan fingerprint density at radius 2 is 2.20 bits per heavy atom. The van der Waals surface area contributed by atoms with Crippen LogP contribution in [-0.2, 0) is 0 Å². The van der Waals surface area contributed by atoms with Gasteiger partial charge >= 0.3 is 0 Å². The van der Waals surface area contributed by atoms with Gasteiger partial charge in [-0.3, -0.25) is 4.99 Å². The first kappa shape index (κ1) is 10.7. The van der Waals surface area contributed by atoms with E-state index in [0.29, 0.717) is 12.0 Å². The molecule has 86 valence electrons. The normalized spacial score (nSPS) is 32.9. The first-order chi connectivity index (χ1) is 7.11. The second-order valence-corrected chi connectivity index (χ2v) is 5.09. The lowest BCUT2D eigenvalue weighted by Crippen LogP contribution is -2.48. The van der Waals surface area contributed by atoms with Gasteiger partial charge in [-0.15, -0.1) is 0 Å². The highest BCUT2D eigenvalue weighted by Crippen LogP contribution is 2.26. The smallest absolute Gasteiger partial charge is 0.189 e. The largest absolute Gasteiger partial charge is 0.370 e. The van der Waals surface area contributed by atoms with E-state index in [1.165, 1.54) is 19.4 Å². The maximum absolute atomic E-state index is 5.71. The summed E-state index contributed by atoms with van der Waals surface area (Å²) in [4.78, 5) is 6.84. The Bertz CT molecular complexity index is 261. The number of likely N-dealkylation sites (tertiary alicyclic amines) is 1. The van der Waals surface area contributed by atoms with Crippen LogP contribution in [0.5, 0.6) is 0 Å². The van der Waals surface area contributed by atoms with Gasteiger partial charge in [0.2, 0.25) is 0 Å². The third-order valence-corrected chi connectivity index (χ3v) is 3.65. The fourth-order valence-electron chi connectivity index (χ4n) is 2.60. The number of rotatable bonds is 1. The molecule has 0 aromatic carbocycles. The summed E-state index contributed by atoms with van der Waals surface area (Å²) < 4.78 is 0. The number of guanidine groups is 1. The molecule has 0 saturated carbocycles. The Kier molecular flexibility index (Phi) is 2.87. The molecule has 2 aliphatic heterocycles. The predicted octanol–water partition coefficient (Wildman–Crippen LogP) is 0.537. The zero-order chi connectivity index (χ0) is 10.9. The Morgan fingerprint density at radius 1 is 1.40 bits per heavy atom. The highest BCUT2D eigenvalue weighted by atomic mass is 15.2. The molecule has 1 atom stereocenters. The summed E-state index contributed by atoms with van der Waals surface area (Å²) in [6.45, 7) is 7.77. The molecule has 0 bridgehead atoms. The van der Waals surface area contributed by atoms with Crippen molar-refractivity contribution in [3.05, 3.63) is 0 Å². The number of nitrogens with two attached hydrogens (primary N) is 1. The van der Waals surface area contributed by atoms with Crippen LogP contribution in [0.4, 0.5) is 0 Å². The van der Waals surface area contributed by atoms with Crippen molar-refractivity contribution < 1.29 is 0 Å². The molecule has 1 unspecified atom stereocenters. The maximum Gasteiger partial charge on any atom is 0.189 e. The van der Waals surface area contributed by atoms with Gasteiger partial charge in [0.25, 0.3) is 0 Å². The minimum absolute atomic E-state index is 0.174. The summed E-state index contributed by atoms with van der Waals surface area (Å²) in [6.07, 6.45) is 3.60. The Balaban J connectivity index is 1.96. The van der Waals surface area contributed by atoms with Crippen molar-refractivity contribution in [1.29, 1.82) is 0 Å². The van der Waals surface area contributed by atoms with Crippen molar-refractivity contribution in [3.8, 4) is 0 Å². The standard InChI is InChI=1S/C11H22N4/c1-9(2)15-6-3-4-11(5-7-15)8-13-10(12)14-11/h9H,3-8H2,1-2H3,(H3,12,13,14). The molecule has 4 nitrogen and oxygen atoms in total. The highest BCUT2D eigenvalue weighted by molar-refractivity contribution is 5.80. The van der Waals surface area contributed by atoms with E-state index in [-0.39, 0.29) is 5.54 Å². The number of nitrogens with zero attached hydrogens (tertiary/aromatic N) is 2. The third-order valence-electron chi connectivity index (χ3n) is 3.65. The lowest BCUT2D eigenvalue weighted by Gasteiger charge is -2.28. The monoisotopic (exact) mass is 210 g/mol. The van der Waals surface area contributed by atoms with E-state index < -0.39 is 0 Å². The lowest BCUT2D eigenvalue weighted by molar-refractivity contribution is 0.224. The second kappa shape index (κ2) is 4.00. The van der Waals surface area contributed by atoms with Crippen molar-refractivity contribution in [3.63, 3.8) is 0 Å². The Morgan fingerprint density at radius 3 is 2.80 bits per heavy atom. The van der Waals surface area contributed by atoms with E-state index in [1.54, 1.807) is 0 Å². The summed E-state index contributed by atoms with van der Waals surface area (Å²) in [5.41, 5.74) is 5.89. The molecule has 2 aliphatic rings. The van der Waals surface area contributed by atoms with Gasteiger partial charge in [0, 0.05) is 12.6 Å². The van der Waals surface area contributed by atoms with Gasteiger partial charge in [0.15, 0.2) is 5.96 Å². The number of hydrogen-bond acceptors (Lipinski definition) is 4. The molecule has 3 N–H and O–H groups in total. The van der Waals surface area contributed by atoms with Gasteiger partial charge < -0.3 is 16.0 Å². The number of hydrogen-bond donors (Lipinski definition) is 2. The molecule has 2 heterocycles. The van der Waals surface area contributed by atoms with E-state index in [2.05, 4.69) is 29.1 Å². The fraction of sp³-hybridized carbons (Fsp3) is 0.909. The van der Waals surface area contributed by atoms with Gasteiger partial charge in [-0.25, -0.2) is 0 Å². The molecule has 0 aromatic rings. The van der Waals surface area contributed by atoms with Crippen LogP contribution < -0.4 is 11.1 Å². The van der Waals surface area contributed by atoms with Crippen LogP contribution in [0, 0.1) is 0 Å². The van der Waals surface area contributed by atoms with Crippen LogP contribution in [0.2, 0.25) is 0 Å². The number of nitrogens with one attached hydrogen (secondary N) is 1. The van der Waals surface area contributed by atoms with E-state index >= 15 is 0 Å². The van der Waals surface area contributed by atoms with Crippen LogP contribution in [0.1, 0.15) is 33.1 Å². The SMILES string of the molecule is CC(C)N1CCCC2(CC1)CN=C(N)N2. The molecule has 15 heavy (non-hydrogen) atoms.